The fourth-order valence-electron chi connectivity index (χ4n) is 2.68. The van der Waals surface area contributed by atoms with Crippen molar-refractivity contribution in [2.24, 2.45) is 7.05 Å². The van der Waals surface area contributed by atoms with Crippen LogP contribution in [-0.4, -0.2) is 35.9 Å². The van der Waals surface area contributed by atoms with Gasteiger partial charge in [0.1, 0.15) is 12.1 Å². The number of aryl methyl sites for hydroxylation is 1. The van der Waals surface area contributed by atoms with Crippen molar-refractivity contribution in [3.63, 3.8) is 0 Å². The maximum Gasteiger partial charge on any atom is 0.256 e. The SMILES string of the molecule is Cn1nc2c(c1NC(=O)c1ccc(Cn3cnnn3)cc1)CSC2. The highest BCUT2D eigenvalue weighted by atomic mass is 32.2. The van der Waals surface area contributed by atoms with Gasteiger partial charge in [-0.15, -0.1) is 5.10 Å². The molecule has 9 heteroatoms. The van der Waals surface area contributed by atoms with Crippen molar-refractivity contribution in [3.05, 3.63) is 53.0 Å². The summed E-state index contributed by atoms with van der Waals surface area (Å²) in [5.41, 5.74) is 3.83. The quantitative estimate of drug-likeness (QED) is 0.772. The molecule has 1 aliphatic rings. The molecule has 0 atom stereocenters. The van der Waals surface area contributed by atoms with Gasteiger partial charge in [0, 0.05) is 29.7 Å². The zero-order valence-corrected chi connectivity index (χ0v) is 13.8. The average molecular weight is 341 g/mol. The van der Waals surface area contributed by atoms with Crippen LogP contribution < -0.4 is 5.32 Å². The minimum absolute atomic E-state index is 0.133. The number of amides is 1. The first-order chi connectivity index (χ1) is 11.7. The summed E-state index contributed by atoms with van der Waals surface area (Å²) in [5, 5.41) is 18.5. The molecule has 3 heterocycles. The van der Waals surface area contributed by atoms with Crippen molar-refractivity contribution < 1.29 is 4.79 Å². The van der Waals surface area contributed by atoms with Crippen LogP contribution in [0, 0.1) is 0 Å². The zero-order chi connectivity index (χ0) is 16.5. The molecule has 0 unspecified atom stereocenters. The molecule has 1 aromatic carbocycles. The number of hydrogen-bond donors (Lipinski definition) is 1. The average Bonchev–Trinajstić information content (AvgIpc) is 3.29. The number of benzene rings is 1. The maximum atomic E-state index is 12.5. The number of tetrazole rings is 1. The van der Waals surface area contributed by atoms with Gasteiger partial charge in [0.15, 0.2) is 0 Å². The van der Waals surface area contributed by atoms with Crippen LogP contribution in [0.1, 0.15) is 27.2 Å². The van der Waals surface area contributed by atoms with E-state index in [1.165, 1.54) is 0 Å². The van der Waals surface area contributed by atoms with Crippen LogP contribution in [-0.2, 0) is 25.1 Å². The predicted molar refractivity (Wildman–Crippen MR) is 89.5 cm³/mol. The number of aromatic nitrogens is 6. The molecule has 8 nitrogen and oxygen atoms in total. The summed E-state index contributed by atoms with van der Waals surface area (Å²) in [6, 6.07) is 7.42. The monoisotopic (exact) mass is 341 g/mol. The lowest BCUT2D eigenvalue weighted by Crippen LogP contribution is -2.15. The van der Waals surface area contributed by atoms with E-state index < -0.39 is 0 Å². The van der Waals surface area contributed by atoms with Gasteiger partial charge in [-0.1, -0.05) is 12.1 Å². The van der Waals surface area contributed by atoms with Gasteiger partial charge < -0.3 is 5.32 Å². The molecular formula is C15H15N7OS. The molecule has 1 amide bonds. The highest BCUT2D eigenvalue weighted by molar-refractivity contribution is 7.98. The first kappa shape index (κ1) is 14.9. The van der Waals surface area contributed by atoms with Crippen LogP contribution in [0.2, 0.25) is 0 Å². The van der Waals surface area contributed by atoms with E-state index in [0.717, 1.165) is 34.1 Å². The Labute approximate surface area is 142 Å². The van der Waals surface area contributed by atoms with Gasteiger partial charge in [0.05, 0.1) is 12.2 Å². The fourth-order valence-corrected chi connectivity index (χ4v) is 3.71. The summed E-state index contributed by atoms with van der Waals surface area (Å²) < 4.78 is 3.38. The normalized spacial score (nSPS) is 13.0. The largest absolute Gasteiger partial charge is 0.307 e. The number of rotatable bonds is 4. The van der Waals surface area contributed by atoms with Crippen molar-refractivity contribution in [2.45, 2.75) is 18.1 Å². The summed E-state index contributed by atoms with van der Waals surface area (Å²) in [5.74, 6) is 2.46. The van der Waals surface area contributed by atoms with E-state index in [0.29, 0.717) is 12.1 Å². The molecule has 0 saturated heterocycles. The van der Waals surface area contributed by atoms with Gasteiger partial charge in [-0.05, 0) is 28.1 Å². The molecule has 0 bridgehead atoms. The minimum Gasteiger partial charge on any atom is -0.307 e. The maximum absolute atomic E-state index is 12.5. The van der Waals surface area contributed by atoms with Crippen molar-refractivity contribution >= 4 is 23.5 Å². The van der Waals surface area contributed by atoms with Gasteiger partial charge >= 0.3 is 0 Å². The number of thioether (sulfide) groups is 1. The highest BCUT2D eigenvalue weighted by Gasteiger charge is 2.22. The summed E-state index contributed by atoms with van der Waals surface area (Å²) in [6.07, 6.45) is 1.56. The number of nitrogens with one attached hydrogen (secondary N) is 1. The summed E-state index contributed by atoms with van der Waals surface area (Å²) in [4.78, 5) is 12.5. The molecule has 0 aliphatic carbocycles. The molecular weight excluding hydrogens is 326 g/mol. The molecule has 1 aliphatic heterocycles. The summed E-state index contributed by atoms with van der Waals surface area (Å²) in [6.45, 7) is 0.571. The van der Waals surface area contributed by atoms with Crippen LogP contribution in [0.15, 0.2) is 30.6 Å². The number of carbonyl (C=O) groups excluding carboxylic acids is 1. The van der Waals surface area contributed by atoms with Crippen molar-refractivity contribution in [1.29, 1.82) is 0 Å². The van der Waals surface area contributed by atoms with E-state index >= 15 is 0 Å². The molecule has 4 rings (SSSR count). The molecule has 3 aromatic rings. The van der Waals surface area contributed by atoms with E-state index in [2.05, 4.69) is 25.9 Å². The molecule has 0 spiro atoms. The summed E-state index contributed by atoms with van der Waals surface area (Å²) in [7, 11) is 1.86. The van der Waals surface area contributed by atoms with Crippen molar-refractivity contribution in [3.8, 4) is 0 Å². The number of fused-ring (bicyclic) bond motifs is 1. The second kappa shape index (κ2) is 6.08. The number of nitrogens with zero attached hydrogens (tertiary/aromatic N) is 6. The lowest BCUT2D eigenvalue weighted by Gasteiger charge is -2.08. The molecule has 24 heavy (non-hydrogen) atoms. The van der Waals surface area contributed by atoms with Gasteiger partial charge in [0.2, 0.25) is 0 Å². The number of hydrogen-bond acceptors (Lipinski definition) is 6. The van der Waals surface area contributed by atoms with E-state index in [4.69, 9.17) is 0 Å². The van der Waals surface area contributed by atoms with Crippen molar-refractivity contribution in [2.75, 3.05) is 5.32 Å². The third-order valence-electron chi connectivity index (χ3n) is 3.90. The molecule has 0 saturated carbocycles. The topological polar surface area (TPSA) is 90.5 Å². The second-order valence-electron chi connectivity index (χ2n) is 5.55. The third kappa shape index (κ3) is 2.78. The van der Waals surface area contributed by atoms with Crippen LogP contribution in [0.4, 0.5) is 5.82 Å². The van der Waals surface area contributed by atoms with Crippen LogP contribution in [0.25, 0.3) is 0 Å². The summed E-state index contributed by atoms with van der Waals surface area (Å²) >= 11 is 1.81. The van der Waals surface area contributed by atoms with Crippen LogP contribution in [0.5, 0.6) is 0 Å². The van der Waals surface area contributed by atoms with Gasteiger partial charge in [0.25, 0.3) is 5.91 Å². The van der Waals surface area contributed by atoms with E-state index in [9.17, 15) is 4.79 Å². The number of anilines is 1. The Balaban J connectivity index is 1.49. The third-order valence-corrected chi connectivity index (χ3v) is 4.87. The van der Waals surface area contributed by atoms with E-state index in [1.54, 1.807) is 27.8 Å². The molecule has 0 fully saturated rings. The van der Waals surface area contributed by atoms with Crippen LogP contribution >= 0.6 is 11.8 Å². The highest BCUT2D eigenvalue weighted by Crippen LogP contribution is 2.34. The Morgan fingerprint density at radius 1 is 1.29 bits per heavy atom. The first-order valence-corrected chi connectivity index (χ1v) is 8.60. The minimum atomic E-state index is -0.133. The van der Waals surface area contributed by atoms with Crippen molar-refractivity contribution in [1.82, 2.24) is 30.0 Å². The Morgan fingerprint density at radius 3 is 2.88 bits per heavy atom. The zero-order valence-electron chi connectivity index (χ0n) is 13.0. The first-order valence-electron chi connectivity index (χ1n) is 7.44. The van der Waals surface area contributed by atoms with E-state index in [1.807, 2.05) is 30.9 Å². The lowest BCUT2D eigenvalue weighted by molar-refractivity contribution is 0.102. The fraction of sp³-hybridized carbons (Fsp3) is 0.267. The predicted octanol–water partition coefficient (Wildman–Crippen LogP) is 1.45. The second-order valence-corrected chi connectivity index (χ2v) is 6.53. The lowest BCUT2D eigenvalue weighted by atomic mass is 10.1. The standard InChI is InChI=1S/C15H15N7OS/c1-21-14(12-7-24-8-13(12)18-21)17-15(23)11-4-2-10(3-5-11)6-22-9-16-19-20-22/h2-5,9H,6-8H2,1H3,(H,17,23). The number of carbonyl (C=O) groups is 1. The molecule has 0 radical (unpaired) electrons. The Morgan fingerprint density at radius 2 is 2.12 bits per heavy atom. The molecule has 122 valence electrons. The Hall–Kier alpha value is -2.68. The van der Waals surface area contributed by atoms with E-state index in [-0.39, 0.29) is 5.91 Å². The van der Waals surface area contributed by atoms with Crippen LogP contribution in [0.3, 0.4) is 0 Å². The van der Waals surface area contributed by atoms with Gasteiger partial charge in [-0.25, -0.2) is 4.68 Å². The van der Waals surface area contributed by atoms with Gasteiger partial charge in [-0.3, -0.25) is 9.48 Å². The molecule has 1 N–H and O–H groups in total. The molecule has 2 aromatic heterocycles. The Bertz CT molecular complexity index is 870. The van der Waals surface area contributed by atoms with Gasteiger partial charge in [-0.2, -0.15) is 16.9 Å². The smallest absolute Gasteiger partial charge is 0.256 e. The Kier molecular flexibility index (Phi) is 3.77.